The maximum atomic E-state index is 12.0. The zero-order valence-corrected chi connectivity index (χ0v) is 5.89. The molecule has 1 aromatic rings. The molecular weight excluding hydrogens is 171 g/mol. The van der Waals surface area contributed by atoms with Crippen LogP contribution in [0.2, 0.25) is 0 Å². The van der Waals surface area contributed by atoms with Crippen molar-refractivity contribution in [3.05, 3.63) is 18.0 Å². The van der Waals surface area contributed by atoms with Gasteiger partial charge < -0.3 is 11.5 Å². The second-order valence-corrected chi connectivity index (χ2v) is 2.16. The summed E-state index contributed by atoms with van der Waals surface area (Å²) in [5, 5.41) is 0. The first-order chi connectivity index (χ1) is 5.43. The second kappa shape index (κ2) is 2.54. The SMILES string of the molecule is Nc1ccnc(C(F)(F)F)c1N. The minimum absolute atomic E-state index is 0.114. The maximum absolute atomic E-state index is 12.0. The summed E-state index contributed by atoms with van der Waals surface area (Å²) in [5.41, 5.74) is 8.44. The largest absolute Gasteiger partial charge is 0.435 e. The molecule has 0 spiro atoms. The molecule has 0 atom stereocenters. The second-order valence-electron chi connectivity index (χ2n) is 2.16. The van der Waals surface area contributed by atoms with Gasteiger partial charge in [0, 0.05) is 6.20 Å². The van der Waals surface area contributed by atoms with E-state index in [2.05, 4.69) is 4.98 Å². The molecule has 3 nitrogen and oxygen atoms in total. The zero-order valence-electron chi connectivity index (χ0n) is 5.89. The predicted molar refractivity (Wildman–Crippen MR) is 38.1 cm³/mol. The molecule has 12 heavy (non-hydrogen) atoms. The molecule has 0 fully saturated rings. The van der Waals surface area contributed by atoms with Crippen LogP contribution in [0.3, 0.4) is 0 Å². The molecule has 0 aromatic carbocycles. The Labute approximate surface area is 66.2 Å². The van der Waals surface area contributed by atoms with Gasteiger partial charge in [0.1, 0.15) is 0 Å². The molecule has 4 N–H and O–H groups in total. The van der Waals surface area contributed by atoms with E-state index in [4.69, 9.17) is 11.5 Å². The molecule has 0 bridgehead atoms. The van der Waals surface area contributed by atoms with E-state index in [0.29, 0.717) is 0 Å². The van der Waals surface area contributed by atoms with Gasteiger partial charge in [0.25, 0.3) is 0 Å². The van der Waals surface area contributed by atoms with Crippen molar-refractivity contribution in [3.63, 3.8) is 0 Å². The number of pyridine rings is 1. The number of nitrogens with zero attached hydrogens (tertiary/aromatic N) is 1. The molecule has 66 valence electrons. The number of nitrogen functional groups attached to an aromatic ring is 2. The standard InChI is InChI=1S/C6H6F3N3/c7-6(8,9)5-4(11)3(10)1-2-12-5/h1-2H,11H2,(H2,10,12). The lowest BCUT2D eigenvalue weighted by molar-refractivity contribution is -0.140. The maximum Gasteiger partial charge on any atom is 0.435 e. The molecule has 0 saturated carbocycles. The van der Waals surface area contributed by atoms with Crippen molar-refractivity contribution in [1.82, 2.24) is 4.98 Å². The summed E-state index contributed by atoms with van der Waals surface area (Å²) in [6.45, 7) is 0. The van der Waals surface area contributed by atoms with Crippen LogP contribution in [0, 0.1) is 0 Å². The molecule has 1 aromatic heterocycles. The number of hydrogen-bond acceptors (Lipinski definition) is 3. The Kier molecular flexibility index (Phi) is 1.83. The summed E-state index contributed by atoms with van der Waals surface area (Å²) < 4.78 is 36.1. The topological polar surface area (TPSA) is 64.9 Å². The van der Waals surface area contributed by atoms with Crippen molar-refractivity contribution >= 4 is 11.4 Å². The zero-order chi connectivity index (χ0) is 9.35. The van der Waals surface area contributed by atoms with Crippen LogP contribution < -0.4 is 11.5 Å². The fraction of sp³-hybridized carbons (Fsp3) is 0.167. The lowest BCUT2D eigenvalue weighted by atomic mass is 10.2. The number of rotatable bonds is 0. The van der Waals surface area contributed by atoms with Gasteiger partial charge in [0.2, 0.25) is 0 Å². The molecule has 1 rings (SSSR count). The van der Waals surface area contributed by atoms with Crippen LogP contribution in [-0.4, -0.2) is 4.98 Å². The number of anilines is 2. The highest BCUT2D eigenvalue weighted by Crippen LogP contribution is 2.33. The Balaban J connectivity index is 3.26. The number of nitrogens with two attached hydrogens (primary N) is 2. The highest BCUT2D eigenvalue weighted by atomic mass is 19.4. The Bertz CT molecular complexity index is 295. The lowest BCUT2D eigenvalue weighted by Gasteiger charge is -2.09. The van der Waals surface area contributed by atoms with E-state index < -0.39 is 17.6 Å². The number of halogens is 3. The van der Waals surface area contributed by atoms with Crippen LogP contribution in [0.5, 0.6) is 0 Å². The third-order valence-electron chi connectivity index (χ3n) is 1.29. The number of hydrogen-bond donors (Lipinski definition) is 2. The smallest absolute Gasteiger partial charge is 0.397 e. The van der Waals surface area contributed by atoms with Gasteiger partial charge in [-0.25, -0.2) is 4.98 Å². The van der Waals surface area contributed by atoms with E-state index >= 15 is 0 Å². The molecule has 6 heteroatoms. The minimum atomic E-state index is -4.54. The molecule has 1 heterocycles. The number of alkyl halides is 3. The lowest BCUT2D eigenvalue weighted by Crippen LogP contribution is -2.12. The van der Waals surface area contributed by atoms with E-state index in [1.807, 2.05) is 0 Å². The molecule has 0 amide bonds. The Morgan fingerprint density at radius 2 is 1.83 bits per heavy atom. The fourth-order valence-corrected chi connectivity index (χ4v) is 0.714. The number of aromatic nitrogens is 1. The quantitative estimate of drug-likeness (QED) is 0.627. The van der Waals surface area contributed by atoms with Gasteiger partial charge in [-0.1, -0.05) is 0 Å². The summed E-state index contributed by atoms with van der Waals surface area (Å²) in [4.78, 5) is 3.08. The summed E-state index contributed by atoms with van der Waals surface area (Å²) in [6, 6.07) is 1.21. The molecule has 0 aliphatic carbocycles. The van der Waals surface area contributed by atoms with Gasteiger partial charge in [-0.15, -0.1) is 0 Å². The summed E-state index contributed by atoms with van der Waals surface area (Å²) in [5.74, 6) is 0. The van der Waals surface area contributed by atoms with Crippen molar-refractivity contribution in [3.8, 4) is 0 Å². The van der Waals surface area contributed by atoms with Gasteiger partial charge in [-0.3, -0.25) is 0 Å². The minimum Gasteiger partial charge on any atom is -0.397 e. The van der Waals surface area contributed by atoms with Crippen molar-refractivity contribution < 1.29 is 13.2 Å². The monoisotopic (exact) mass is 177 g/mol. The third kappa shape index (κ3) is 1.41. The van der Waals surface area contributed by atoms with E-state index in [-0.39, 0.29) is 5.69 Å². The summed E-state index contributed by atoms with van der Waals surface area (Å²) in [7, 11) is 0. The van der Waals surface area contributed by atoms with E-state index in [0.717, 1.165) is 6.20 Å². The molecular formula is C6H6F3N3. The van der Waals surface area contributed by atoms with E-state index in [9.17, 15) is 13.2 Å². The first-order valence-corrected chi connectivity index (χ1v) is 3.00. The van der Waals surface area contributed by atoms with Crippen molar-refractivity contribution in [2.75, 3.05) is 11.5 Å². The first-order valence-electron chi connectivity index (χ1n) is 3.00. The van der Waals surface area contributed by atoms with Crippen LogP contribution in [0.4, 0.5) is 24.5 Å². The van der Waals surface area contributed by atoms with Gasteiger partial charge in [-0.05, 0) is 6.07 Å². The average molecular weight is 177 g/mol. The van der Waals surface area contributed by atoms with Crippen LogP contribution in [-0.2, 0) is 6.18 Å². The predicted octanol–water partition coefficient (Wildman–Crippen LogP) is 1.26. The van der Waals surface area contributed by atoms with Gasteiger partial charge >= 0.3 is 6.18 Å². The van der Waals surface area contributed by atoms with Crippen LogP contribution >= 0.6 is 0 Å². The molecule has 0 radical (unpaired) electrons. The molecule has 0 aliphatic rings. The third-order valence-corrected chi connectivity index (χ3v) is 1.29. The normalized spacial score (nSPS) is 11.6. The average Bonchev–Trinajstić information content (AvgIpc) is 1.92. The van der Waals surface area contributed by atoms with Crippen molar-refractivity contribution in [1.29, 1.82) is 0 Å². The highest BCUT2D eigenvalue weighted by molar-refractivity contribution is 5.65. The van der Waals surface area contributed by atoms with Gasteiger partial charge in [0.15, 0.2) is 5.69 Å². The van der Waals surface area contributed by atoms with Crippen molar-refractivity contribution in [2.24, 2.45) is 0 Å². The summed E-state index contributed by atoms with van der Waals surface area (Å²) in [6.07, 6.45) is -3.58. The van der Waals surface area contributed by atoms with Crippen LogP contribution in [0.25, 0.3) is 0 Å². The molecule has 0 aliphatic heterocycles. The van der Waals surface area contributed by atoms with Crippen LogP contribution in [0.1, 0.15) is 5.69 Å². The Morgan fingerprint density at radius 1 is 1.25 bits per heavy atom. The Hall–Kier alpha value is -1.46. The van der Waals surface area contributed by atoms with Gasteiger partial charge in [0.05, 0.1) is 11.4 Å². The molecule has 0 saturated heterocycles. The van der Waals surface area contributed by atoms with E-state index in [1.165, 1.54) is 6.07 Å². The van der Waals surface area contributed by atoms with E-state index in [1.54, 1.807) is 0 Å². The first kappa shape index (κ1) is 8.63. The Morgan fingerprint density at radius 3 is 2.25 bits per heavy atom. The molecule has 0 unspecified atom stereocenters. The van der Waals surface area contributed by atoms with Crippen LogP contribution in [0.15, 0.2) is 12.3 Å². The fourth-order valence-electron chi connectivity index (χ4n) is 0.714. The highest BCUT2D eigenvalue weighted by Gasteiger charge is 2.35. The van der Waals surface area contributed by atoms with Gasteiger partial charge in [-0.2, -0.15) is 13.2 Å². The van der Waals surface area contributed by atoms with Crippen molar-refractivity contribution in [2.45, 2.75) is 6.18 Å². The summed E-state index contributed by atoms with van der Waals surface area (Å²) >= 11 is 0.